The van der Waals surface area contributed by atoms with E-state index >= 15 is 0 Å². The third-order valence-corrected chi connectivity index (χ3v) is 4.02. The van der Waals surface area contributed by atoms with Crippen LogP contribution < -0.4 is 20.6 Å². The predicted octanol–water partition coefficient (Wildman–Crippen LogP) is 1.30. The molecule has 1 aromatic carbocycles. The summed E-state index contributed by atoms with van der Waals surface area (Å²) < 4.78 is 8.99. The van der Waals surface area contributed by atoms with Crippen molar-refractivity contribution in [3.63, 3.8) is 0 Å². The molecule has 0 saturated carbocycles. The first-order chi connectivity index (χ1) is 12.7. The number of nitrogens with one attached hydrogen (secondary N) is 3. The Kier molecular flexibility index (Phi) is 6.68. The fourth-order valence-electron chi connectivity index (χ4n) is 2.15. The summed E-state index contributed by atoms with van der Waals surface area (Å²) in [7, 11) is 0. The molecule has 1 aliphatic heterocycles. The van der Waals surface area contributed by atoms with Gasteiger partial charge in [-0.15, -0.1) is 0 Å². The molecule has 0 aliphatic carbocycles. The number of hydrogen-bond donors (Lipinski definition) is 3. The van der Waals surface area contributed by atoms with E-state index in [-0.39, 0.29) is 29.6 Å². The Labute approximate surface area is 165 Å². The minimum atomic E-state index is -0.813. The van der Waals surface area contributed by atoms with E-state index < -0.39 is 17.9 Å². The van der Waals surface area contributed by atoms with Gasteiger partial charge in [0.25, 0.3) is 0 Å². The molecule has 0 radical (unpaired) electrons. The monoisotopic (exact) mass is 414 g/mol. The lowest BCUT2D eigenvalue weighted by Crippen LogP contribution is -2.44. The molecule has 1 heterocycles. The molecule has 144 valence electrons. The SMILES string of the molecule is CCOC(=O)NC(=[N+]=C1NC(=O)C(=O)N1C(C)C)Nc1ccc(Cl)c(Cl)c1. The van der Waals surface area contributed by atoms with Gasteiger partial charge >= 0.3 is 29.8 Å². The predicted molar refractivity (Wildman–Crippen MR) is 103 cm³/mol. The third kappa shape index (κ3) is 5.13. The highest BCUT2D eigenvalue weighted by molar-refractivity contribution is 6.45. The van der Waals surface area contributed by atoms with Crippen LogP contribution in [-0.4, -0.2) is 47.4 Å². The van der Waals surface area contributed by atoms with Gasteiger partial charge in [-0.3, -0.25) is 14.9 Å². The zero-order valence-electron chi connectivity index (χ0n) is 14.8. The van der Waals surface area contributed by atoms with Gasteiger partial charge in [0.15, 0.2) is 0 Å². The van der Waals surface area contributed by atoms with E-state index in [4.69, 9.17) is 27.9 Å². The van der Waals surface area contributed by atoms with E-state index in [1.165, 1.54) is 11.0 Å². The Balaban J connectivity index is 2.45. The van der Waals surface area contributed by atoms with Crippen molar-refractivity contribution in [1.82, 2.24) is 20.2 Å². The van der Waals surface area contributed by atoms with E-state index in [1.54, 1.807) is 32.9 Å². The number of benzene rings is 1. The van der Waals surface area contributed by atoms with Crippen LogP contribution in [0.4, 0.5) is 10.5 Å². The Morgan fingerprint density at radius 3 is 2.59 bits per heavy atom. The molecule has 11 heteroatoms. The summed E-state index contributed by atoms with van der Waals surface area (Å²) in [5.74, 6) is -1.66. The molecule has 9 nitrogen and oxygen atoms in total. The van der Waals surface area contributed by atoms with Crippen molar-refractivity contribution in [3.05, 3.63) is 28.2 Å². The van der Waals surface area contributed by atoms with Gasteiger partial charge in [-0.1, -0.05) is 23.2 Å². The lowest BCUT2D eigenvalue weighted by Gasteiger charge is -2.12. The highest BCUT2D eigenvalue weighted by atomic mass is 35.5. The zero-order valence-corrected chi connectivity index (χ0v) is 16.3. The minimum Gasteiger partial charge on any atom is -0.443 e. The Hall–Kier alpha value is -2.74. The molecule has 2 rings (SSSR count). The highest BCUT2D eigenvalue weighted by Gasteiger charge is 2.43. The van der Waals surface area contributed by atoms with Gasteiger partial charge in [-0.2, -0.15) is 5.32 Å². The van der Waals surface area contributed by atoms with Gasteiger partial charge in [-0.05, 0) is 39.0 Å². The van der Waals surface area contributed by atoms with Crippen LogP contribution in [0.15, 0.2) is 18.2 Å². The maximum absolute atomic E-state index is 12.0. The fourth-order valence-corrected chi connectivity index (χ4v) is 2.45. The van der Waals surface area contributed by atoms with E-state index in [9.17, 15) is 14.4 Å². The first-order valence-corrected chi connectivity index (χ1v) is 8.74. The number of anilines is 1. The lowest BCUT2D eigenvalue weighted by atomic mass is 10.3. The van der Waals surface area contributed by atoms with Crippen LogP contribution in [0.3, 0.4) is 0 Å². The number of carbonyl (C=O) groups excluding carboxylic acids is 3. The first kappa shape index (κ1) is 20.6. The van der Waals surface area contributed by atoms with E-state index in [0.717, 1.165) is 0 Å². The maximum atomic E-state index is 12.0. The molecule has 0 unspecified atom stereocenters. The van der Waals surface area contributed by atoms with Gasteiger partial charge in [0.1, 0.15) is 0 Å². The molecule has 0 atom stereocenters. The maximum Gasteiger partial charge on any atom is 0.452 e. The van der Waals surface area contributed by atoms with E-state index in [0.29, 0.717) is 10.7 Å². The van der Waals surface area contributed by atoms with Gasteiger partial charge in [0, 0.05) is 0 Å². The molecule has 1 aliphatic rings. The Morgan fingerprint density at radius 1 is 1.30 bits per heavy atom. The second-order valence-electron chi connectivity index (χ2n) is 5.61. The molecule has 3 N–H and O–H groups in total. The van der Waals surface area contributed by atoms with Crippen molar-refractivity contribution in [1.29, 1.82) is 0 Å². The number of ether oxygens (including phenoxy) is 1. The van der Waals surface area contributed by atoms with Crippen molar-refractivity contribution >= 4 is 58.7 Å². The van der Waals surface area contributed by atoms with E-state index in [2.05, 4.69) is 20.6 Å². The highest BCUT2D eigenvalue weighted by Crippen LogP contribution is 2.24. The van der Waals surface area contributed by atoms with Crippen LogP contribution >= 0.6 is 23.2 Å². The molecule has 1 saturated heterocycles. The number of nitrogens with zero attached hydrogens (tertiary/aromatic N) is 2. The van der Waals surface area contributed by atoms with Crippen LogP contribution in [0.2, 0.25) is 10.0 Å². The Bertz CT molecular complexity index is 849. The zero-order chi connectivity index (χ0) is 20.1. The average Bonchev–Trinajstić information content (AvgIpc) is 2.85. The fraction of sp³-hybridized carbons (Fsp3) is 0.312. The number of guanidine groups is 2. The van der Waals surface area contributed by atoms with Crippen LogP contribution in [0, 0.1) is 0 Å². The Morgan fingerprint density at radius 2 is 2.00 bits per heavy atom. The number of rotatable bonds is 3. The standard InChI is InChI=1S/C16H17Cl2N5O4/c1-4-27-16(26)22-14(19-9-5-6-10(17)11(18)7-9)21-15-20-12(24)13(25)23(15)8(2)3/h5-8H,4H2,1-3H3,(H2,19,20,21,22,24,26)/p+1. The summed E-state index contributed by atoms with van der Waals surface area (Å²) in [5.41, 5.74) is 0.465. The topological polar surface area (TPSA) is 114 Å². The van der Waals surface area contributed by atoms with E-state index in [1.807, 2.05) is 0 Å². The minimum absolute atomic E-state index is 0.0284. The summed E-state index contributed by atoms with van der Waals surface area (Å²) in [6.45, 7) is 5.24. The van der Waals surface area contributed by atoms with Crippen LogP contribution in [0.1, 0.15) is 20.8 Å². The largest absolute Gasteiger partial charge is 0.452 e. The smallest absolute Gasteiger partial charge is 0.443 e. The summed E-state index contributed by atoms with van der Waals surface area (Å²) in [4.78, 5) is 36.6. The molecule has 0 bridgehead atoms. The number of carbonyl (C=O) groups is 3. The van der Waals surface area contributed by atoms with Crippen LogP contribution in [-0.2, 0) is 14.3 Å². The van der Waals surface area contributed by atoms with Crippen LogP contribution in [0.5, 0.6) is 0 Å². The molecular formula is C16H18Cl2N5O4+. The van der Waals surface area contributed by atoms with Gasteiger partial charge in [0.2, 0.25) is 0 Å². The number of halogens is 2. The quantitative estimate of drug-likeness (QED) is 0.298. The van der Waals surface area contributed by atoms with Crippen molar-refractivity contribution in [2.45, 2.75) is 26.8 Å². The van der Waals surface area contributed by atoms with Crippen molar-refractivity contribution in [3.8, 4) is 0 Å². The summed E-state index contributed by atoms with van der Waals surface area (Å²) in [6.07, 6.45) is -0.767. The van der Waals surface area contributed by atoms with Gasteiger partial charge in [-0.25, -0.2) is 19.7 Å². The van der Waals surface area contributed by atoms with Crippen molar-refractivity contribution in [2.75, 3.05) is 11.9 Å². The second-order valence-corrected chi connectivity index (χ2v) is 6.42. The lowest BCUT2D eigenvalue weighted by molar-refractivity contribution is -0.140. The molecule has 1 aromatic rings. The summed E-state index contributed by atoms with van der Waals surface area (Å²) in [6, 6.07) is 4.36. The number of amides is 3. The molecule has 3 amide bonds. The normalized spacial score (nSPS) is 13.4. The number of alkyl carbamates (subject to hydrolysis) is 1. The van der Waals surface area contributed by atoms with Crippen LogP contribution in [0.25, 0.3) is 0 Å². The number of hydrogen-bond acceptors (Lipinski definition) is 4. The summed E-state index contributed by atoms with van der Waals surface area (Å²) >= 11 is 11.9. The second kappa shape index (κ2) is 8.77. The first-order valence-electron chi connectivity index (χ1n) is 7.99. The molecule has 0 aromatic heterocycles. The third-order valence-electron chi connectivity index (χ3n) is 3.28. The summed E-state index contributed by atoms with van der Waals surface area (Å²) in [5, 5.41) is 8.25. The van der Waals surface area contributed by atoms with Crippen molar-refractivity contribution in [2.24, 2.45) is 0 Å². The van der Waals surface area contributed by atoms with Gasteiger partial charge < -0.3 is 4.74 Å². The van der Waals surface area contributed by atoms with Gasteiger partial charge in [0.05, 0.1) is 28.4 Å². The molecular weight excluding hydrogens is 397 g/mol. The molecule has 0 spiro atoms. The van der Waals surface area contributed by atoms with Crippen molar-refractivity contribution < 1.29 is 19.1 Å². The molecule has 27 heavy (non-hydrogen) atoms. The average molecular weight is 415 g/mol. The molecule has 1 fully saturated rings.